The van der Waals surface area contributed by atoms with Crippen molar-refractivity contribution in [1.82, 2.24) is 20.0 Å². The minimum Gasteiger partial charge on any atom is -0.444 e. The molecule has 1 aromatic heterocycles. The highest BCUT2D eigenvalue weighted by atomic mass is 16.6. The monoisotopic (exact) mass is 364 g/mol. The molecule has 1 saturated heterocycles. The maximum absolute atomic E-state index is 12.5. The minimum absolute atomic E-state index is 0.0110. The molecule has 0 unspecified atom stereocenters. The van der Waals surface area contributed by atoms with E-state index < -0.39 is 5.60 Å². The van der Waals surface area contributed by atoms with Gasteiger partial charge in [0, 0.05) is 31.4 Å². The molecule has 2 rings (SSSR count). The minimum atomic E-state index is -0.528. The van der Waals surface area contributed by atoms with Gasteiger partial charge >= 0.3 is 6.09 Å². The zero-order valence-electron chi connectivity index (χ0n) is 16.8. The van der Waals surface area contributed by atoms with Crippen molar-refractivity contribution >= 4 is 12.0 Å². The molecule has 1 aliphatic heterocycles. The highest BCUT2D eigenvalue weighted by Crippen LogP contribution is 2.26. The third-order valence-electron chi connectivity index (χ3n) is 4.67. The van der Waals surface area contributed by atoms with Gasteiger partial charge in [0.2, 0.25) is 5.91 Å². The number of amides is 2. The van der Waals surface area contributed by atoms with Crippen LogP contribution in [0.3, 0.4) is 0 Å². The Morgan fingerprint density at radius 1 is 1.35 bits per heavy atom. The number of nitrogens with zero attached hydrogens (tertiary/aromatic N) is 3. The zero-order chi connectivity index (χ0) is 19.5. The van der Waals surface area contributed by atoms with Gasteiger partial charge in [0.05, 0.1) is 11.6 Å². The Labute approximate surface area is 156 Å². The van der Waals surface area contributed by atoms with Crippen LogP contribution in [0.4, 0.5) is 4.79 Å². The molecule has 26 heavy (non-hydrogen) atoms. The van der Waals surface area contributed by atoms with Crippen LogP contribution in [-0.4, -0.2) is 51.4 Å². The number of carbonyl (C=O) groups excluding carboxylic acids is 2. The number of aryl methyl sites for hydroxylation is 3. The molecular weight excluding hydrogens is 332 g/mol. The van der Waals surface area contributed by atoms with E-state index in [4.69, 9.17) is 4.74 Å². The molecule has 7 heteroatoms. The molecule has 2 amide bonds. The fraction of sp³-hybridized carbons (Fsp3) is 0.737. The van der Waals surface area contributed by atoms with E-state index in [-0.39, 0.29) is 24.0 Å². The number of nitrogens with one attached hydrogen (secondary N) is 1. The molecule has 0 bridgehead atoms. The van der Waals surface area contributed by atoms with Crippen LogP contribution in [0.2, 0.25) is 0 Å². The Morgan fingerprint density at radius 3 is 2.62 bits per heavy atom. The number of ether oxygens (including phenoxy) is 1. The SMILES string of the molecule is Cc1cc(C)n(CCCNC(=O)[C@@H]2CCN(C(=O)OC(C)(C)C)[C@H]2C)n1. The lowest BCUT2D eigenvalue weighted by molar-refractivity contribution is -0.125. The summed E-state index contributed by atoms with van der Waals surface area (Å²) in [5, 5.41) is 7.42. The Balaban J connectivity index is 1.77. The Bertz CT molecular complexity index is 648. The number of aromatic nitrogens is 2. The van der Waals surface area contributed by atoms with E-state index in [2.05, 4.69) is 10.4 Å². The molecule has 1 fully saturated rings. The standard InChI is InChI=1S/C19H32N4O3/c1-13-12-14(2)23(21-13)10-7-9-20-17(24)16-8-11-22(15(16)3)18(25)26-19(4,5)6/h12,15-16H,7-11H2,1-6H3,(H,20,24)/t15-,16+/m0/s1. The van der Waals surface area contributed by atoms with E-state index in [9.17, 15) is 9.59 Å². The van der Waals surface area contributed by atoms with Gasteiger partial charge in [-0.1, -0.05) is 0 Å². The lowest BCUT2D eigenvalue weighted by Gasteiger charge is -2.28. The summed E-state index contributed by atoms with van der Waals surface area (Å²) in [4.78, 5) is 26.4. The van der Waals surface area contributed by atoms with Crippen LogP contribution in [0.25, 0.3) is 0 Å². The van der Waals surface area contributed by atoms with Crippen LogP contribution in [-0.2, 0) is 16.1 Å². The molecule has 0 radical (unpaired) electrons. The summed E-state index contributed by atoms with van der Waals surface area (Å²) in [5.41, 5.74) is 1.61. The van der Waals surface area contributed by atoms with Gasteiger partial charge in [0.25, 0.3) is 0 Å². The molecule has 2 heterocycles. The molecule has 1 aromatic rings. The maximum atomic E-state index is 12.5. The second kappa shape index (κ2) is 8.10. The average Bonchev–Trinajstić information content (AvgIpc) is 3.04. The smallest absolute Gasteiger partial charge is 0.410 e. The van der Waals surface area contributed by atoms with E-state index in [0.717, 1.165) is 24.4 Å². The first-order valence-electron chi connectivity index (χ1n) is 9.37. The van der Waals surface area contributed by atoms with Crippen molar-refractivity contribution in [3.63, 3.8) is 0 Å². The summed E-state index contributed by atoms with van der Waals surface area (Å²) in [6.45, 7) is 13.4. The molecule has 0 aromatic carbocycles. The highest BCUT2D eigenvalue weighted by molar-refractivity contribution is 5.81. The fourth-order valence-corrected chi connectivity index (χ4v) is 3.34. The van der Waals surface area contributed by atoms with Gasteiger partial charge in [-0.25, -0.2) is 4.79 Å². The normalized spacial score (nSPS) is 20.3. The molecule has 7 nitrogen and oxygen atoms in total. The van der Waals surface area contributed by atoms with Crippen molar-refractivity contribution in [3.05, 3.63) is 17.5 Å². The predicted octanol–water partition coefficient (Wildman–Crippen LogP) is 2.65. The highest BCUT2D eigenvalue weighted by Gasteiger charge is 2.39. The van der Waals surface area contributed by atoms with Crippen LogP contribution in [0.5, 0.6) is 0 Å². The average molecular weight is 364 g/mol. The predicted molar refractivity (Wildman–Crippen MR) is 99.8 cm³/mol. The summed E-state index contributed by atoms with van der Waals surface area (Å²) < 4.78 is 7.39. The van der Waals surface area contributed by atoms with E-state index in [1.807, 2.05) is 52.3 Å². The lowest BCUT2D eigenvalue weighted by atomic mass is 10.0. The Hall–Kier alpha value is -2.05. The molecule has 146 valence electrons. The van der Waals surface area contributed by atoms with Gasteiger partial charge in [0.1, 0.15) is 5.60 Å². The lowest BCUT2D eigenvalue weighted by Crippen LogP contribution is -2.43. The second-order valence-electron chi connectivity index (χ2n) is 8.10. The van der Waals surface area contributed by atoms with E-state index >= 15 is 0 Å². The largest absolute Gasteiger partial charge is 0.444 e. The summed E-state index contributed by atoms with van der Waals surface area (Å²) in [6, 6.07) is 1.89. The molecule has 1 N–H and O–H groups in total. The van der Waals surface area contributed by atoms with Crippen LogP contribution >= 0.6 is 0 Å². The molecule has 0 spiro atoms. The molecular formula is C19H32N4O3. The van der Waals surface area contributed by atoms with Crippen molar-refractivity contribution in [2.24, 2.45) is 5.92 Å². The number of hydrogen-bond acceptors (Lipinski definition) is 4. The van der Waals surface area contributed by atoms with Crippen LogP contribution < -0.4 is 5.32 Å². The quantitative estimate of drug-likeness (QED) is 0.815. The zero-order valence-corrected chi connectivity index (χ0v) is 16.8. The van der Waals surface area contributed by atoms with Crippen molar-refractivity contribution in [3.8, 4) is 0 Å². The third kappa shape index (κ3) is 5.22. The van der Waals surface area contributed by atoms with Gasteiger partial charge in [-0.15, -0.1) is 0 Å². The summed E-state index contributed by atoms with van der Waals surface area (Å²) in [5.74, 6) is -0.173. The van der Waals surface area contributed by atoms with E-state index in [0.29, 0.717) is 19.5 Å². The van der Waals surface area contributed by atoms with Crippen LogP contribution in [0, 0.1) is 19.8 Å². The van der Waals surface area contributed by atoms with Crippen molar-refractivity contribution in [2.45, 2.75) is 72.6 Å². The summed E-state index contributed by atoms with van der Waals surface area (Å²) in [7, 11) is 0. The second-order valence-corrected chi connectivity index (χ2v) is 8.10. The maximum Gasteiger partial charge on any atom is 0.410 e. The molecule has 1 aliphatic rings. The van der Waals surface area contributed by atoms with Gasteiger partial charge in [0.15, 0.2) is 0 Å². The van der Waals surface area contributed by atoms with Gasteiger partial charge in [-0.2, -0.15) is 5.10 Å². The number of carbonyl (C=O) groups is 2. The van der Waals surface area contributed by atoms with Gasteiger partial charge < -0.3 is 15.0 Å². The first-order chi connectivity index (χ1) is 12.1. The van der Waals surface area contributed by atoms with Gasteiger partial charge in [-0.3, -0.25) is 9.48 Å². The van der Waals surface area contributed by atoms with Crippen molar-refractivity contribution in [2.75, 3.05) is 13.1 Å². The molecule has 0 aliphatic carbocycles. The molecule has 2 atom stereocenters. The topological polar surface area (TPSA) is 76.5 Å². The molecule has 0 saturated carbocycles. The van der Waals surface area contributed by atoms with Crippen molar-refractivity contribution < 1.29 is 14.3 Å². The fourth-order valence-electron chi connectivity index (χ4n) is 3.34. The van der Waals surface area contributed by atoms with E-state index in [1.54, 1.807) is 4.90 Å². The van der Waals surface area contributed by atoms with Crippen LogP contribution in [0.15, 0.2) is 6.07 Å². The summed E-state index contributed by atoms with van der Waals surface area (Å²) in [6.07, 6.45) is 1.15. The first kappa shape index (κ1) is 20.3. The van der Waals surface area contributed by atoms with Crippen LogP contribution in [0.1, 0.15) is 51.9 Å². The number of hydrogen-bond donors (Lipinski definition) is 1. The van der Waals surface area contributed by atoms with E-state index in [1.165, 1.54) is 0 Å². The Morgan fingerprint density at radius 2 is 2.04 bits per heavy atom. The summed E-state index contributed by atoms with van der Waals surface area (Å²) >= 11 is 0. The van der Waals surface area contributed by atoms with Gasteiger partial charge in [-0.05, 0) is 60.5 Å². The Kier molecular flexibility index (Phi) is 6.31. The number of likely N-dealkylation sites (tertiary alicyclic amines) is 1. The first-order valence-corrected chi connectivity index (χ1v) is 9.37. The third-order valence-corrected chi connectivity index (χ3v) is 4.67. The van der Waals surface area contributed by atoms with Crippen molar-refractivity contribution in [1.29, 1.82) is 0 Å². The number of rotatable bonds is 5.